The van der Waals surface area contributed by atoms with E-state index in [-0.39, 0.29) is 11.5 Å². The normalized spacial score (nSPS) is 36.2. The van der Waals surface area contributed by atoms with Crippen LogP contribution < -0.4 is 0 Å². The van der Waals surface area contributed by atoms with Gasteiger partial charge < -0.3 is 23.7 Å². The highest BCUT2D eigenvalue weighted by atomic mass is 16.8. The van der Waals surface area contributed by atoms with Crippen LogP contribution in [0.1, 0.15) is 13.8 Å². The van der Waals surface area contributed by atoms with Crippen LogP contribution in [0.5, 0.6) is 0 Å². The van der Waals surface area contributed by atoms with Crippen molar-refractivity contribution in [1.29, 1.82) is 0 Å². The molecule has 2 heterocycles. The molecule has 0 aromatic heterocycles. The number of hydrogen-bond acceptors (Lipinski definition) is 7. The van der Waals surface area contributed by atoms with Crippen LogP contribution in [-0.2, 0) is 33.3 Å². The van der Waals surface area contributed by atoms with Gasteiger partial charge >= 0.3 is 11.9 Å². The van der Waals surface area contributed by atoms with E-state index in [2.05, 4.69) is 4.74 Å². The molecule has 0 bridgehead atoms. The van der Waals surface area contributed by atoms with Crippen LogP contribution in [0.2, 0.25) is 0 Å². The average Bonchev–Trinajstić information content (AvgIpc) is 2.55. The molecule has 94 valence electrons. The topological polar surface area (TPSA) is 80.3 Å². The minimum Gasteiger partial charge on any atom is -0.444 e. The van der Waals surface area contributed by atoms with Crippen molar-refractivity contribution in [2.75, 3.05) is 14.2 Å². The van der Waals surface area contributed by atoms with Crippen LogP contribution in [0.25, 0.3) is 0 Å². The molecule has 0 aromatic rings. The molecule has 17 heavy (non-hydrogen) atoms. The zero-order valence-corrected chi connectivity index (χ0v) is 9.86. The molecular weight excluding hydrogens is 232 g/mol. The zero-order valence-electron chi connectivity index (χ0n) is 9.86. The molecule has 0 amide bonds. The van der Waals surface area contributed by atoms with Gasteiger partial charge in [0.05, 0.1) is 0 Å². The first-order valence-corrected chi connectivity index (χ1v) is 4.86. The number of methoxy groups -OCH3 is 2. The van der Waals surface area contributed by atoms with Crippen molar-refractivity contribution < 1.29 is 33.3 Å². The third kappa shape index (κ3) is 1.43. The van der Waals surface area contributed by atoms with E-state index in [1.807, 2.05) is 0 Å². The molecule has 0 aromatic carbocycles. The van der Waals surface area contributed by atoms with Gasteiger partial charge in [-0.15, -0.1) is 0 Å². The summed E-state index contributed by atoms with van der Waals surface area (Å²) in [5.74, 6) is -5.13. The smallest absolute Gasteiger partial charge is 0.385 e. The summed E-state index contributed by atoms with van der Waals surface area (Å²) < 4.78 is 25.4. The van der Waals surface area contributed by atoms with Gasteiger partial charge in [-0.25, -0.2) is 9.59 Å². The summed E-state index contributed by atoms with van der Waals surface area (Å²) in [5.41, 5.74) is 0. The molecule has 0 N–H and O–H groups in total. The lowest BCUT2D eigenvalue weighted by atomic mass is 10.1. The molecule has 2 rings (SSSR count). The third-order valence-electron chi connectivity index (χ3n) is 2.96. The minimum absolute atomic E-state index is 0.297. The van der Waals surface area contributed by atoms with Crippen LogP contribution in [0.3, 0.4) is 0 Å². The van der Waals surface area contributed by atoms with E-state index in [0.717, 1.165) is 0 Å². The summed E-state index contributed by atoms with van der Waals surface area (Å²) in [5, 5.41) is 0. The standard InChI is InChI=1S/C10H12O7/c1-9(13-3)10(2,14-4)17-6-5(16-9)7(11)15-8(6)12/h1-4H3/t9-,10-/m1/s1. The maximum atomic E-state index is 11.3. The van der Waals surface area contributed by atoms with E-state index in [4.69, 9.17) is 18.9 Å². The molecule has 0 fully saturated rings. The molecule has 7 nitrogen and oxygen atoms in total. The number of cyclic esters (lactones) is 2. The Bertz CT molecular complexity index is 388. The van der Waals surface area contributed by atoms with Gasteiger partial charge in [0.1, 0.15) is 0 Å². The van der Waals surface area contributed by atoms with Gasteiger partial charge in [-0.2, -0.15) is 0 Å². The van der Waals surface area contributed by atoms with E-state index in [1.165, 1.54) is 28.1 Å². The van der Waals surface area contributed by atoms with Crippen molar-refractivity contribution in [2.24, 2.45) is 0 Å². The molecule has 0 unspecified atom stereocenters. The Hall–Kier alpha value is -1.60. The van der Waals surface area contributed by atoms with Crippen LogP contribution in [0.4, 0.5) is 0 Å². The van der Waals surface area contributed by atoms with E-state index in [1.54, 1.807) is 0 Å². The third-order valence-corrected chi connectivity index (χ3v) is 2.96. The van der Waals surface area contributed by atoms with Crippen molar-refractivity contribution in [2.45, 2.75) is 25.4 Å². The minimum atomic E-state index is -1.37. The Labute approximate surface area is 97.2 Å². The fourth-order valence-electron chi connectivity index (χ4n) is 1.57. The van der Waals surface area contributed by atoms with Gasteiger partial charge in [-0.05, 0) is 0 Å². The number of hydrogen-bond donors (Lipinski definition) is 0. The Morgan fingerprint density at radius 3 is 1.53 bits per heavy atom. The van der Waals surface area contributed by atoms with Crippen LogP contribution in [-0.4, -0.2) is 37.7 Å². The van der Waals surface area contributed by atoms with Crippen molar-refractivity contribution in [3.8, 4) is 0 Å². The van der Waals surface area contributed by atoms with Gasteiger partial charge in [0.25, 0.3) is 23.1 Å². The molecule has 0 spiro atoms. The highest BCUT2D eigenvalue weighted by Crippen LogP contribution is 2.42. The average molecular weight is 244 g/mol. The summed E-state index contributed by atoms with van der Waals surface area (Å²) in [4.78, 5) is 22.6. The van der Waals surface area contributed by atoms with Crippen molar-refractivity contribution in [3.05, 3.63) is 11.5 Å². The maximum Gasteiger partial charge on any atom is 0.385 e. The number of esters is 2. The van der Waals surface area contributed by atoms with Crippen molar-refractivity contribution in [3.63, 3.8) is 0 Å². The number of carbonyl (C=O) groups is 2. The van der Waals surface area contributed by atoms with E-state index in [0.29, 0.717) is 0 Å². The molecule has 0 aliphatic carbocycles. The van der Waals surface area contributed by atoms with Gasteiger partial charge in [0.2, 0.25) is 0 Å². The summed E-state index contributed by atoms with van der Waals surface area (Å²) in [7, 11) is 2.74. The monoisotopic (exact) mass is 244 g/mol. The van der Waals surface area contributed by atoms with Crippen molar-refractivity contribution in [1.82, 2.24) is 0 Å². The molecule has 2 aliphatic rings. The Morgan fingerprint density at radius 2 is 1.24 bits per heavy atom. The second-order valence-corrected chi connectivity index (χ2v) is 3.84. The highest BCUT2D eigenvalue weighted by molar-refractivity contribution is 6.10. The zero-order chi connectivity index (χ0) is 12.8. The lowest BCUT2D eigenvalue weighted by Gasteiger charge is -2.44. The molecule has 0 saturated carbocycles. The van der Waals surface area contributed by atoms with E-state index in [9.17, 15) is 9.59 Å². The predicted octanol–water partition coefficient (Wildman–Crippen LogP) is 0.0534. The number of carbonyl (C=O) groups excluding carboxylic acids is 2. The molecule has 2 atom stereocenters. The molecule has 0 radical (unpaired) electrons. The Morgan fingerprint density at radius 1 is 0.882 bits per heavy atom. The molecule has 0 saturated heterocycles. The maximum absolute atomic E-state index is 11.3. The fraction of sp³-hybridized carbons (Fsp3) is 0.600. The lowest BCUT2D eigenvalue weighted by Crippen LogP contribution is -2.58. The first-order chi connectivity index (χ1) is 7.87. The Balaban J connectivity index is 2.48. The molecule has 7 heteroatoms. The predicted molar refractivity (Wildman–Crippen MR) is 51.1 cm³/mol. The highest BCUT2D eigenvalue weighted by Gasteiger charge is 2.59. The van der Waals surface area contributed by atoms with Gasteiger partial charge in [-0.3, -0.25) is 0 Å². The largest absolute Gasteiger partial charge is 0.444 e. The van der Waals surface area contributed by atoms with Gasteiger partial charge in [0.15, 0.2) is 0 Å². The fourth-order valence-corrected chi connectivity index (χ4v) is 1.57. The number of ether oxygens (including phenoxy) is 5. The second-order valence-electron chi connectivity index (χ2n) is 3.84. The quantitative estimate of drug-likeness (QED) is 0.501. The summed E-state index contributed by atoms with van der Waals surface area (Å²) >= 11 is 0. The van der Waals surface area contributed by atoms with E-state index >= 15 is 0 Å². The van der Waals surface area contributed by atoms with Crippen molar-refractivity contribution >= 4 is 11.9 Å². The Kier molecular flexibility index (Phi) is 2.41. The van der Waals surface area contributed by atoms with Crippen LogP contribution >= 0.6 is 0 Å². The number of rotatable bonds is 2. The summed E-state index contributed by atoms with van der Waals surface area (Å²) in [6, 6.07) is 0. The van der Waals surface area contributed by atoms with Gasteiger partial charge in [-0.1, -0.05) is 0 Å². The first kappa shape index (κ1) is 11.9. The SMILES string of the molecule is CO[C@]1(C)OC2=C(O[C@@]1(C)OC)C(=O)OC2=O. The van der Waals surface area contributed by atoms with E-state index < -0.39 is 23.5 Å². The first-order valence-electron chi connectivity index (χ1n) is 4.86. The molecule has 2 aliphatic heterocycles. The summed E-state index contributed by atoms with van der Waals surface area (Å²) in [6.45, 7) is 3.05. The van der Waals surface area contributed by atoms with Crippen LogP contribution in [0, 0.1) is 0 Å². The van der Waals surface area contributed by atoms with Gasteiger partial charge in [0, 0.05) is 28.1 Å². The van der Waals surface area contributed by atoms with Crippen LogP contribution in [0.15, 0.2) is 11.5 Å². The second kappa shape index (κ2) is 3.44. The molecular formula is C10H12O7. The lowest BCUT2D eigenvalue weighted by molar-refractivity contribution is -0.378. The summed E-state index contributed by atoms with van der Waals surface area (Å²) in [6.07, 6.45) is 0.